The summed E-state index contributed by atoms with van der Waals surface area (Å²) in [6, 6.07) is 0. The molecule has 0 spiro atoms. The van der Waals surface area contributed by atoms with Crippen molar-refractivity contribution < 1.29 is 9.59 Å². The van der Waals surface area contributed by atoms with Crippen molar-refractivity contribution in [2.75, 3.05) is 26.2 Å². The van der Waals surface area contributed by atoms with Gasteiger partial charge in [0.1, 0.15) is 5.78 Å². The van der Waals surface area contributed by atoms with Crippen LogP contribution in [0.25, 0.3) is 0 Å². The Morgan fingerprint density at radius 3 is 2.31 bits per heavy atom. The zero-order chi connectivity index (χ0) is 10.7. The van der Waals surface area contributed by atoms with Gasteiger partial charge in [0.05, 0.1) is 0 Å². The Kier molecular flexibility index (Phi) is 5.22. The third-order valence-electron chi connectivity index (χ3n) is 3.32. The maximum atomic E-state index is 12.0. The Balaban J connectivity index is 0.00000128. The summed E-state index contributed by atoms with van der Waals surface area (Å²) < 4.78 is 0. The molecule has 2 heterocycles. The molecule has 1 N–H and O–H groups in total. The highest BCUT2D eigenvalue weighted by atomic mass is 35.5. The van der Waals surface area contributed by atoms with Gasteiger partial charge < -0.3 is 10.2 Å². The van der Waals surface area contributed by atoms with Crippen molar-refractivity contribution in [3.8, 4) is 0 Å². The van der Waals surface area contributed by atoms with Crippen LogP contribution in [0.1, 0.15) is 25.7 Å². The molecule has 2 aliphatic heterocycles. The molecule has 0 saturated carbocycles. The number of ketones is 1. The Morgan fingerprint density at radius 1 is 1.19 bits per heavy atom. The zero-order valence-corrected chi connectivity index (χ0v) is 10.2. The summed E-state index contributed by atoms with van der Waals surface area (Å²) in [4.78, 5) is 25.0. The summed E-state index contributed by atoms with van der Waals surface area (Å²) in [6.45, 7) is 3.18. The molecule has 0 atom stereocenters. The first-order valence-corrected chi connectivity index (χ1v) is 5.78. The number of nitrogens with zero attached hydrogens (tertiary/aromatic N) is 1. The van der Waals surface area contributed by atoms with Crippen molar-refractivity contribution >= 4 is 24.1 Å². The minimum absolute atomic E-state index is 0. The van der Waals surface area contributed by atoms with Gasteiger partial charge in [-0.2, -0.15) is 0 Å². The number of carbonyl (C=O) groups excluding carboxylic acids is 2. The maximum absolute atomic E-state index is 12.0. The first kappa shape index (κ1) is 13.5. The average Bonchev–Trinajstić information content (AvgIpc) is 2.30. The van der Waals surface area contributed by atoms with Crippen LogP contribution in [-0.2, 0) is 9.59 Å². The summed E-state index contributed by atoms with van der Waals surface area (Å²) in [7, 11) is 0. The molecule has 2 fully saturated rings. The molecule has 5 heteroatoms. The lowest BCUT2D eigenvalue weighted by atomic mass is 9.95. The summed E-state index contributed by atoms with van der Waals surface area (Å²) in [6.07, 6.45) is 3.00. The highest BCUT2D eigenvalue weighted by Gasteiger charge is 2.28. The van der Waals surface area contributed by atoms with Crippen molar-refractivity contribution in [3.05, 3.63) is 0 Å². The van der Waals surface area contributed by atoms with Gasteiger partial charge in [0, 0.05) is 31.8 Å². The second kappa shape index (κ2) is 6.21. The van der Waals surface area contributed by atoms with Crippen molar-refractivity contribution in [3.63, 3.8) is 0 Å². The second-order valence-corrected chi connectivity index (χ2v) is 4.39. The monoisotopic (exact) mass is 246 g/mol. The van der Waals surface area contributed by atoms with E-state index in [-0.39, 0.29) is 24.2 Å². The van der Waals surface area contributed by atoms with Crippen LogP contribution < -0.4 is 5.32 Å². The van der Waals surface area contributed by atoms with Crippen molar-refractivity contribution in [2.45, 2.75) is 25.7 Å². The fraction of sp³-hybridized carbons (Fsp3) is 0.818. The van der Waals surface area contributed by atoms with E-state index in [1.807, 2.05) is 4.90 Å². The lowest BCUT2D eigenvalue weighted by Gasteiger charge is -2.31. The number of hydrogen-bond acceptors (Lipinski definition) is 3. The van der Waals surface area contributed by atoms with Crippen LogP contribution in [-0.4, -0.2) is 42.8 Å². The van der Waals surface area contributed by atoms with Crippen molar-refractivity contribution in [2.24, 2.45) is 5.92 Å². The number of hydrogen-bond donors (Lipinski definition) is 1. The summed E-state index contributed by atoms with van der Waals surface area (Å²) >= 11 is 0. The molecule has 0 radical (unpaired) electrons. The third-order valence-corrected chi connectivity index (χ3v) is 3.32. The Morgan fingerprint density at radius 2 is 1.75 bits per heavy atom. The molecule has 2 aliphatic rings. The molecule has 0 bridgehead atoms. The van der Waals surface area contributed by atoms with Crippen LogP contribution in [0.15, 0.2) is 0 Å². The van der Waals surface area contributed by atoms with Gasteiger partial charge in [0.25, 0.3) is 0 Å². The fourth-order valence-electron chi connectivity index (χ4n) is 2.30. The number of nitrogens with one attached hydrogen (secondary N) is 1. The van der Waals surface area contributed by atoms with E-state index in [1.54, 1.807) is 0 Å². The van der Waals surface area contributed by atoms with Gasteiger partial charge in [-0.1, -0.05) is 0 Å². The van der Waals surface area contributed by atoms with Gasteiger partial charge in [-0.15, -0.1) is 12.4 Å². The molecule has 0 aromatic heterocycles. The zero-order valence-electron chi connectivity index (χ0n) is 9.41. The van der Waals surface area contributed by atoms with Gasteiger partial charge in [0.15, 0.2) is 0 Å². The van der Waals surface area contributed by atoms with Gasteiger partial charge in [-0.25, -0.2) is 0 Å². The molecule has 2 saturated heterocycles. The Hall–Kier alpha value is -0.610. The normalized spacial score (nSPS) is 22.8. The first-order valence-electron chi connectivity index (χ1n) is 5.78. The van der Waals surface area contributed by atoms with Crippen LogP contribution in [0.4, 0.5) is 0 Å². The number of amides is 1. The molecule has 4 nitrogen and oxygen atoms in total. The lowest BCUT2D eigenvalue weighted by Crippen LogP contribution is -2.44. The van der Waals surface area contributed by atoms with Crippen LogP contribution in [0.2, 0.25) is 0 Å². The minimum atomic E-state index is 0. The van der Waals surface area contributed by atoms with Crippen molar-refractivity contribution in [1.82, 2.24) is 10.2 Å². The number of Topliss-reactive ketones (excluding diaryl/α,β-unsaturated/α-hetero) is 1. The highest BCUT2D eigenvalue weighted by molar-refractivity contribution is 5.85. The maximum Gasteiger partial charge on any atom is 0.225 e. The highest BCUT2D eigenvalue weighted by Crippen LogP contribution is 2.17. The van der Waals surface area contributed by atoms with E-state index in [4.69, 9.17) is 0 Å². The quantitative estimate of drug-likeness (QED) is 0.737. The summed E-state index contributed by atoms with van der Waals surface area (Å²) in [5, 5.41) is 3.25. The number of rotatable bonds is 1. The topological polar surface area (TPSA) is 49.4 Å². The van der Waals surface area contributed by atoms with E-state index in [2.05, 4.69) is 5.32 Å². The van der Waals surface area contributed by atoms with Crippen LogP contribution in [0.5, 0.6) is 0 Å². The van der Waals surface area contributed by atoms with E-state index in [9.17, 15) is 9.59 Å². The van der Waals surface area contributed by atoms with Crippen LogP contribution in [0.3, 0.4) is 0 Å². The van der Waals surface area contributed by atoms with E-state index in [0.717, 1.165) is 25.9 Å². The average molecular weight is 247 g/mol. The number of likely N-dealkylation sites (tertiary alicyclic amines) is 1. The minimum Gasteiger partial charge on any atom is -0.342 e. The molecule has 0 unspecified atom stereocenters. The molecule has 0 aromatic carbocycles. The van der Waals surface area contributed by atoms with Gasteiger partial charge >= 0.3 is 0 Å². The predicted octanol–water partition coefficient (Wildman–Crippen LogP) is 0.599. The number of piperidine rings is 2. The third kappa shape index (κ3) is 3.19. The molecule has 0 aliphatic carbocycles. The Bertz CT molecular complexity index is 255. The van der Waals surface area contributed by atoms with Gasteiger partial charge in [-0.05, 0) is 25.9 Å². The standard InChI is InChI=1S/C11H18N2O2.ClH/c14-10-3-7-13(8-4-10)11(15)9-1-5-12-6-2-9;/h9,12H,1-8H2;1H. The van der Waals surface area contributed by atoms with Crippen LogP contribution in [0, 0.1) is 5.92 Å². The second-order valence-electron chi connectivity index (χ2n) is 4.39. The first-order chi connectivity index (χ1) is 7.27. The van der Waals surface area contributed by atoms with Crippen molar-refractivity contribution in [1.29, 1.82) is 0 Å². The summed E-state index contributed by atoms with van der Waals surface area (Å²) in [5.41, 5.74) is 0. The largest absolute Gasteiger partial charge is 0.342 e. The predicted molar refractivity (Wildman–Crippen MR) is 63.7 cm³/mol. The molecular formula is C11H19ClN2O2. The van der Waals surface area contributed by atoms with E-state index < -0.39 is 0 Å². The molecule has 2 rings (SSSR count). The molecule has 1 amide bonds. The SMILES string of the molecule is Cl.O=C1CCN(C(=O)C2CCNCC2)CC1. The van der Waals surface area contributed by atoms with Gasteiger partial charge in [0.2, 0.25) is 5.91 Å². The van der Waals surface area contributed by atoms with E-state index >= 15 is 0 Å². The summed E-state index contributed by atoms with van der Waals surface area (Å²) in [5.74, 6) is 0.757. The van der Waals surface area contributed by atoms with Gasteiger partial charge in [-0.3, -0.25) is 9.59 Å². The van der Waals surface area contributed by atoms with E-state index in [0.29, 0.717) is 31.7 Å². The number of halogens is 1. The molecule has 0 aromatic rings. The molecule has 16 heavy (non-hydrogen) atoms. The lowest BCUT2D eigenvalue weighted by molar-refractivity contribution is -0.139. The number of carbonyl (C=O) groups is 2. The fourth-order valence-corrected chi connectivity index (χ4v) is 2.30. The molecular weight excluding hydrogens is 228 g/mol. The van der Waals surface area contributed by atoms with Crippen LogP contribution >= 0.6 is 12.4 Å². The molecule has 92 valence electrons. The smallest absolute Gasteiger partial charge is 0.225 e. The van der Waals surface area contributed by atoms with E-state index in [1.165, 1.54) is 0 Å². The Labute approximate surface area is 102 Å².